The van der Waals surface area contributed by atoms with Crippen molar-refractivity contribution >= 4 is 32.4 Å². The maximum Gasteiger partial charge on any atom is 0.243 e. The molecule has 1 amide bonds. The lowest BCUT2D eigenvalue weighted by molar-refractivity contribution is -0.120. The van der Waals surface area contributed by atoms with Crippen LogP contribution < -0.4 is 5.32 Å². The summed E-state index contributed by atoms with van der Waals surface area (Å²) < 4.78 is 27.1. The van der Waals surface area contributed by atoms with Crippen molar-refractivity contribution in [3.8, 4) is 11.3 Å². The fraction of sp³-hybridized carbons (Fsp3) is 0.238. The van der Waals surface area contributed by atoms with Crippen molar-refractivity contribution < 1.29 is 13.2 Å². The molecule has 1 atom stereocenters. The number of sulfonamides is 1. The topological polar surface area (TPSA) is 79.4 Å². The summed E-state index contributed by atoms with van der Waals surface area (Å²) in [5.41, 5.74) is 1.80. The van der Waals surface area contributed by atoms with E-state index in [1.807, 2.05) is 35.7 Å². The maximum atomic E-state index is 12.9. The van der Waals surface area contributed by atoms with E-state index in [2.05, 4.69) is 10.3 Å². The monoisotopic (exact) mass is 427 g/mol. The van der Waals surface area contributed by atoms with Crippen LogP contribution in [0.4, 0.5) is 5.13 Å². The van der Waals surface area contributed by atoms with Crippen molar-refractivity contribution in [2.75, 3.05) is 18.4 Å². The number of hydrogen-bond acceptors (Lipinski definition) is 5. The summed E-state index contributed by atoms with van der Waals surface area (Å²) in [4.78, 5) is 17.5. The van der Waals surface area contributed by atoms with E-state index in [4.69, 9.17) is 0 Å². The zero-order chi connectivity index (χ0) is 20.3. The maximum absolute atomic E-state index is 12.9. The van der Waals surface area contributed by atoms with Gasteiger partial charge in [0, 0.05) is 24.0 Å². The number of aromatic nitrogens is 1. The molecule has 29 heavy (non-hydrogen) atoms. The zero-order valence-electron chi connectivity index (χ0n) is 15.7. The van der Waals surface area contributed by atoms with Crippen molar-refractivity contribution in [2.24, 2.45) is 5.92 Å². The Morgan fingerprint density at radius 1 is 1.07 bits per heavy atom. The van der Waals surface area contributed by atoms with Crippen molar-refractivity contribution in [2.45, 2.75) is 17.7 Å². The number of benzene rings is 2. The molecule has 1 saturated heterocycles. The van der Waals surface area contributed by atoms with Crippen LogP contribution in [0, 0.1) is 5.92 Å². The first-order valence-corrected chi connectivity index (χ1v) is 11.7. The van der Waals surface area contributed by atoms with Crippen LogP contribution in [0.3, 0.4) is 0 Å². The van der Waals surface area contributed by atoms with Crippen LogP contribution >= 0.6 is 11.3 Å². The van der Waals surface area contributed by atoms with E-state index in [0.717, 1.165) is 11.3 Å². The molecule has 0 spiro atoms. The van der Waals surface area contributed by atoms with E-state index >= 15 is 0 Å². The molecule has 3 aromatic rings. The molecule has 1 aromatic heterocycles. The minimum Gasteiger partial charge on any atom is -0.302 e. The number of thiazole rings is 1. The largest absolute Gasteiger partial charge is 0.302 e. The van der Waals surface area contributed by atoms with E-state index in [1.165, 1.54) is 15.6 Å². The van der Waals surface area contributed by atoms with E-state index in [0.29, 0.717) is 24.5 Å². The molecule has 0 radical (unpaired) electrons. The number of carbonyl (C=O) groups excluding carboxylic acids is 1. The van der Waals surface area contributed by atoms with Gasteiger partial charge in [-0.3, -0.25) is 4.79 Å². The molecule has 1 fully saturated rings. The number of hydrogen-bond donors (Lipinski definition) is 1. The lowest BCUT2D eigenvalue weighted by Gasteiger charge is -2.31. The van der Waals surface area contributed by atoms with Crippen molar-refractivity contribution in [1.29, 1.82) is 0 Å². The van der Waals surface area contributed by atoms with E-state index < -0.39 is 15.9 Å². The Hall–Kier alpha value is -2.55. The summed E-state index contributed by atoms with van der Waals surface area (Å²) in [6.45, 7) is 0.608. The highest BCUT2D eigenvalue weighted by molar-refractivity contribution is 7.89. The van der Waals surface area contributed by atoms with E-state index in [-0.39, 0.29) is 17.3 Å². The highest BCUT2D eigenvalue weighted by atomic mass is 32.2. The Balaban J connectivity index is 1.44. The third-order valence-corrected chi connectivity index (χ3v) is 7.58. The smallest absolute Gasteiger partial charge is 0.243 e. The molecule has 8 heteroatoms. The lowest BCUT2D eigenvalue weighted by atomic mass is 9.99. The Morgan fingerprint density at radius 3 is 2.48 bits per heavy atom. The third-order valence-electron chi connectivity index (χ3n) is 4.94. The fourth-order valence-electron chi connectivity index (χ4n) is 3.40. The van der Waals surface area contributed by atoms with Gasteiger partial charge in [0.1, 0.15) is 0 Å². The number of rotatable bonds is 5. The van der Waals surface area contributed by atoms with Crippen molar-refractivity contribution in [3.05, 3.63) is 66.0 Å². The normalized spacial score (nSPS) is 17.7. The first-order chi connectivity index (χ1) is 14.0. The molecule has 1 aliphatic heterocycles. The van der Waals surface area contributed by atoms with Gasteiger partial charge in [0.2, 0.25) is 15.9 Å². The van der Waals surface area contributed by atoms with Gasteiger partial charge in [-0.2, -0.15) is 4.31 Å². The van der Waals surface area contributed by atoms with Gasteiger partial charge in [-0.05, 0) is 25.0 Å². The number of nitrogens with zero attached hydrogens (tertiary/aromatic N) is 2. The van der Waals surface area contributed by atoms with Gasteiger partial charge in [-0.15, -0.1) is 11.3 Å². The predicted octanol–water partition coefficient (Wildman–Crippen LogP) is 3.85. The quantitative estimate of drug-likeness (QED) is 0.671. The molecule has 6 nitrogen and oxygen atoms in total. The van der Waals surface area contributed by atoms with Crippen LogP contribution in [0.1, 0.15) is 12.8 Å². The molecule has 1 aliphatic rings. The molecule has 4 rings (SSSR count). The molecule has 0 unspecified atom stereocenters. The van der Waals surface area contributed by atoms with Gasteiger partial charge in [0.05, 0.1) is 16.5 Å². The van der Waals surface area contributed by atoms with E-state index in [1.54, 1.807) is 30.3 Å². The first-order valence-electron chi connectivity index (χ1n) is 9.41. The standard InChI is InChI=1S/C21H21N3O3S2/c25-20(23-21-22-19(15-28-21)16-8-3-1-4-9-16)17-10-7-13-24(14-17)29(26,27)18-11-5-2-6-12-18/h1-6,8-9,11-12,15,17H,7,10,13-14H2,(H,22,23,25)/t17-/m1/s1. The Kier molecular flexibility index (Phi) is 5.75. The average Bonchev–Trinajstić information content (AvgIpc) is 3.23. The van der Waals surface area contributed by atoms with Crippen LogP contribution in [0.15, 0.2) is 70.9 Å². The van der Waals surface area contributed by atoms with Gasteiger partial charge < -0.3 is 5.32 Å². The molecule has 2 aromatic carbocycles. The molecule has 150 valence electrons. The van der Waals surface area contributed by atoms with Crippen LogP contribution in [0.2, 0.25) is 0 Å². The van der Waals surface area contributed by atoms with Gasteiger partial charge in [-0.1, -0.05) is 48.5 Å². The number of carbonyl (C=O) groups is 1. The third kappa shape index (κ3) is 4.39. The number of nitrogens with one attached hydrogen (secondary N) is 1. The second kappa shape index (κ2) is 8.44. The highest BCUT2D eigenvalue weighted by Crippen LogP contribution is 2.27. The van der Waals surface area contributed by atoms with Crippen molar-refractivity contribution in [3.63, 3.8) is 0 Å². The number of piperidine rings is 1. The average molecular weight is 428 g/mol. The van der Waals surface area contributed by atoms with Crippen LogP contribution in [0.25, 0.3) is 11.3 Å². The Labute approximate surface area is 174 Å². The summed E-state index contributed by atoms with van der Waals surface area (Å²) in [5.74, 6) is -0.585. The summed E-state index contributed by atoms with van der Waals surface area (Å²) in [7, 11) is -3.59. The second-order valence-electron chi connectivity index (χ2n) is 6.91. The predicted molar refractivity (Wildman–Crippen MR) is 114 cm³/mol. The Morgan fingerprint density at radius 2 is 1.76 bits per heavy atom. The van der Waals surface area contributed by atoms with Crippen LogP contribution in [-0.4, -0.2) is 36.7 Å². The molecule has 2 heterocycles. The summed E-state index contributed by atoms with van der Waals surface area (Å²) in [5, 5.41) is 5.29. The number of anilines is 1. The minimum atomic E-state index is -3.59. The van der Waals surface area contributed by atoms with Gasteiger partial charge in [-0.25, -0.2) is 13.4 Å². The second-order valence-corrected chi connectivity index (χ2v) is 9.70. The number of amides is 1. The summed E-state index contributed by atoms with van der Waals surface area (Å²) in [6.07, 6.45) is 1.31. The SMILES string of the molecule is O=C(Nc1nc(-c2ccccc2)cs1)[C@@H]1CCCN(S(=O)(=O)c2ccccc2)C1. The lowest BCUT2D eigenvalue weighted by Crippen LogP contribution is -2.43. The molecule has 0 saturated carbocycles. The molecular formula is C21H21N3O3S2. The minimum absolute atomic E-state index is 0.181. The fourth-order valence-corrected chi connectivity index (χ4v) is 5.66. The Bertz CT molecular complexity index is 1080. The van der Waals surface area contributed by atoms with Crippen LogP contribution in [0.5, 0.6) is 0 Å². The first kappa shape index (κ1) is 19.8. The molecular weight excluding hydrogens is 406 g/mol. The summed E-state index contributed by atoms with van der Waals surface area (Å²) >= 11 is 1.37. The van der Waals surface area contributed by atoms with Gasteiger partial charge >= 0.3 is 0 Å². The highest BCUT2D eigenvalue weighted by Gasteiger charge is 2.33. The molecule has 1 N–H and O–H groups in total. The van der Waals surface area contributed by atoms with Crippen LogP contribution in [-0.2, 0) is 14.8 Å². The van der Waals surface area contributed by atoms with E-state index in [9.17, 15) is 13.2 Å². The zero-order valence-corrected chi connectivity index (χ0v) is 17.3. The molecule has 0 bridgehead atoms. The summed E-state index contributed by atoms with van der Waals surface area (Å²) in [6, 6.07) is 18.1. The molecule has 0 aliphatic carbocycles. The van der Waals surface area contributed by atoms with Gasteiger partial charge in [0.25, 0.3) is 0 Å². The van der Waals surface area contributed by atoms with Crippen molar-refractivity contribution in [1.82, 2.24) is 9.29 Å². The van der Waals surface area contributed by atoms with Gasteiger partial charge in [0.15, 0.2) is 5.13 Å².